The lowest BCUT2D eigenvalue weighted by Gasteiger charge is -1.98. The minimum absolute atomic E-state index is 0.792. The molecule has 0 fully saturated rings. The maximum absolute atomic E-state index is 5.12. The third kappa shape index (κ3) is 3.20. The van der Waals surface area contributed by atoms with Crippen LogP contribution in [0.1, 0.15) is 11.1 Å². The third-order valence-corrected chi connectivity index (χ3v) is 3.96. The Morgan fingerprint density at radius 3 is 2.76 bits per heavy atom. The molecule has 0 unspecified atom stereocenters. The summed E-state index contributed by atoms with van der Waals surface area (Å²) in [6.07, 6.45) is 1.76. The molecule has 0 aliphatic heterocycles. The van der Waals surface area contributed by atoms with Crippen LogP contribution in [0.3, 0.4) is 0 Å². The number of ether oxygens (including phenoxy) is 1. The Bertz CT molecular complexity index is 778. The average molecular weight is 297 g/mol. The number of aryl methyl sites for hydroxylation is 1. The van der Waals surface area contributed by atoms with E-state index in [1.165, 1.54) is 5.56 Å². The Labute approximate surface area is 127 Å². The van der Waals surface area contributed by atoms with Crippen molar-refractivity contribution >= 4 is 32.9 Å². The number of fused-ring (bicyclic) bond motifs is 1. The van der Waals surface area contributed by atoms with Crippen molar-refractivity contribution < 1.29 is 4.74 Å². The molecule has 106 valence electrons. The molecule has 5 heteroatoms. The number of hydrogen-bond donors (Lipinski definition) is 1. The van der Waals surface area contributed by atoms with Gasteiger partial charge in [0.05, 0.1) is 23.5 Å². The number of hydrazone groups is 1. The van der Waals surface area contributed by atoms with Crippen LogP contribution in [0.4, 0.5) is 5.13 Å². The number of rotatable bonds is 4. The van der Waals surface area contributed by atoms with Gasteiger partial charge in [0, 0.05) is 0 Å². The highest BCUT2D eigenvalue weighted by atomic mass is 32.1. The van der Waals surface area contributed by atoms with E-state index in [0.717, 1.165) is 26.7 Å². The molecule has 0 saturated carbocycles. The first kappa shape index (κ1) is 13.6. The minimum Gasteiger partial charge on any atom is -0.497 e. The lowest BCUT2D eigenvalue weighted by atomic mass is 10.2. The molecule has 0 aliphatic rings. The fourth-order valence-electron chi connectivity index (χ4n) is 1.93. The second-order valence-electron chi connectivity index (χ2n) is 4.63. The molecule has 0 saturated heterocycles. The predicted octanol–water partition coefficient (Wildman–Crippen LogP) is 4.06. The molecule has 0 atom stereocenters. The molecule has 0 aliphatic carbocycles. The number of anilines is 1. The van der Waals surface area contributed by atoms with Crippen LogP contribution in [-0.4, -0.2) is 18.3 Å². The topological polar surface area (TPSA) is 46.5 Å². The summed E-state index contributed by atoms with van der Waals surface area (Å²) in [4.78, 5) is 4.49. The van der Waals surface area contributed by atoms with Crippen LogP contribution in [0, 0.1) is 6.92 Å². The summed E-state index contributed by atoms with van der Waals surface area (Å²) in [5.74, 6) is 0.835. The normalized spacial score (nSPS) is 11.1. The fourth-order valence-corrected chi connectivity index (χ4v) is 2.85. The zero-order valence-electron chi connectivity index (χ0n) is 11.8. The molecule has 0 radical (unpaired) electrons. The van der Waals surface area contributed by atoms with E-state index in [9.17, 15) is 0 Å². The lowest BCUT2D eigenvalue weighted by molar-refractivity contribution is 0.415. The summed E-state index contributed by atoms with van der Waals surface area (Å²) in [6.45, 7) is 2.08. The maximum atomic E-state index is 5.12. The van der Waals surface area contributed by atoms with Crippen molar-refractivity contribution in [2.24, 2.45) is 5.10 Å². The molecule has 1 N–H and O–H groups in total. The predicted molar refractivity (Wildman–Crippen MR) is 88.6 cm³/mol. The smallest absolute Gasteiger partial charge is 0.204 e. The number of hydrogen-bond acceptors (Lipinski definition) is 5. The first-order valence-electron chi connectivity index (χ1n) is 6.55. The average Bonchev–Trinajstić information content (AvgIpc) is 2.89. The SMILES string of the molecule is COc1ccc(/C=N\Nc2nc3ccc(C)cc3s2)cc1. The van der Waals surface area contributed by atoms with Crippen molar-refractivity contribution in [1.82, 2.24) is 4.98 Å². The van der Waals surface area contributed by atoms with Crippen LogP contribution in [0.2, 0.25) is 0 Å². The van der Waals surface area contributed by atoms with Crippen molar-refractivity contribution in [1.29, 1.82) is 0 Å². The van der Waals surface area contributed by atoms with Gasteiger partial charge in [-0.15, -0.1) is 0 Å². The molecule has 3 rings (SSSR count). The Balaban J connectivity index is 1.71. The van der Waals surface area contributed by atoms with Gasteiger partial charge in [-0.3, -0.25) is 5.43 Å². The Morgan fingerprint density at radius 2 is 2.00 bits per heavy atom. The van der Waals surface area contributed by atoms with Gasteiger partial charge in [0.2, 0.25) is 5.13 Å². The summed E-state index contributed by atoms with van der Waals surface area (Å²) in [5, 5.41) is 5.01. The fraction of sp³-hybridized carbons (Fsp3) is 0.125. The van der Waals surface area contributed by atoms with Crippen molar-refractivity contribution in [3.05, 3.63) is 53.6 Å². The molecule has 1 heterocycles. The second kappa shape index (κ2) is 5.93. The van der Waals surface area contributed by atoms with Crippen molar-refractivity contribution in [2.75, 3.05) is 12.5 Å². The van der Waals surface area contributed by atoms with Gasteiger partial charge >= 0.3 is 0 Å². The zero-order valence-corrected chi connectivity index (χ0v) is 12.6. The van der Waals surface area contributed by atoms with Gasteiger partial charge in [0.1, 0.15) is 5.75 Å². The van der Waals surface area contributed by atoms with Crippen LogP contribution in [0.5, 0.6) is 5.75 Å². The van der Waals surface area contributed by atoms with E-state index < -0.39 is 0 Å². The first-order valence-corrected chi connectivity index (χ1v) is 7.36. The molecule has 4 nitrogen and oxygen atoms in total. The quantitative estimate of drug-likeness (QED) is 0.583. The highest BCUT2D eigenvalue weighted by molar-refractivity contribution is 7.22. The molecule has 0 spiro atoms. The molecule has 2 aromatic carbocycles. The summed E-state index contributed by atoms with van der Waals surface area (Å²) in [7, 11) is 1.65. The van der Waals surface area contributed by atoms with E-state index in [4.69, 9.17) is 4.74 Å². The minimum atomic E-state index is 0.792. The van der Waals surface area contributed by atoms with Crippen LogP contribution < -0.4 is 10.2 Å². The number of nitrogens with zero attached hydrogens (tertiary/aromatic N) is 2. The largest absolute Gasteiger partial charge is 0.497 e. The molecule has 0 bridgehead atoms. The summed E-state index contributed by atoms with van der Waals surface area (Å²) < 4.78 is 6.28. The van der Waals surface area contributed by atoms with Gasteiger partial charge in [-0.1, -0.05) is 17.4 Å². The van der Waals surface area contributed by atoms with E-state index in [1.54, 1.807) is 24.7 Å². The van der Waals surface area contributed by atoms with E-state index in [2.05, 4.69) is 34.6 Å². The number of nitrogens with one attached hydrogen (secondary N) is 1. The monoisotopic (exact) mass is 297 g/mol. The number of aromatic nitrogens is 1. The number of thiazole rings is 1. The van der Waals surface area contributed by atoms with Crippen molar-refractivity contribution in [3.63, 3.8) is 0 Å². The molecular weight excluding hydrogens is 282 g/mol. The third-order valence-electron chi connectivity index (χ3n) is 3.03. The maximum Gasteiger partial charge on any atom is 0.204 e. The number of benzene rings is 2. The van der Waals surface area contributed by atoms with Crippen LogP contribution in [0.25, 0.3) is 10.2 Å². The first-order chi connectivity index (χ1) is 10.2. The second-order valence-corrected chi connectivity index (χ2v) is 5.66. The summed E-state index contributed by atoms with van der Waals surface area (Å²) in [6, 6.07) is 13.9. The van der Waals surface area contributed by atoms with E-state index in [1.807, 2.05) is 30.3 Å². The summed E-state index contributed by atoms with van der Waals surface area (Å²) >= 11 is 1.60. The Kier molecular flexibility index (Phi) is 3.83. The molecule has 21 heavy (non-hydrogen) atoms. The van der Waals surface area contributed by atoms with E-state index >= 15 is 0 Å². The lowest BCUT2D eigenvalue weighted by Crippen LogP contribution is -1.90. The van der Waals surface area contributed by atoms with Gasteiger partial charge in [0.25, 0.3) is 0 Å². The highest BCUT2D eigenvalue weighted by Gasteiger charge is 2.02. The summed E-state index contributed by atoms with van der Waals surface area (Å²) in [5.41, 5.74) is 6.21. The van der Waals surface area contributed by atoms with E-state index in [-0.39, 0.29) is 0 Å². The van der Waals surface area contributed by atoms with Gasteiger partial charge in [-0.25, -0.2) is 4.98 Å². The van der Waals surface area contributed by atoms with Crippen LogP contribution >= 0.6 is 11.3 Å². The van der Waals surface area contributed by atoms with E-state index in [0.29, 0.717) is 0 Å². The molecule has 1 aromatic heterocycles. The van der Waals surface area contributed by atoms with Crippen LogP contribution in [-0.2, 0) is 0 Å². The highest BCUT2D eigenvalue weighted by Crippen LogP contribution is 2.26. The van der Waals surface area contributed by atoms with Gasteiger partial charge < -0.3 is 4.74 Å². The molecule has 3 aromatic rings. The van der Waals surface area contributed by atoms with Gasteiger partial charge in [-0.2, -0.15) is 5.10 Å². The molecule has 0 amide bonds. The Morgan fingerprint density at radius 1 is 1.19 bits per heavy atom. The number of methoxy groups -OCH3 is 1. The Hall–Kier alpha value is -2.40. The van der Waals surface area contributed by atoms with Crippen LogP contribution in [0.15, 0.2) is 47.6 Å². The van der Waals surface area contributed by atoms with Gasteiger partial charge in [-0.05, 0) is 54.4 Å². The zero-order chi connectivity index (χ0) is 14.7. The standard InChI is InChI=1S/C16H15N3OS/c1-11-3-8-14-15(9-11)21-16(18-14)19-17-10-12-4-6-13(20-2)7-5-12/h3-10H,1-2H3,(H,18,19)/b17-10-. The van der Waals surface area contributed by atoms with Gasteiger partial charge in [0.15, 0.2) is 0 Å². The van der Waals surface area contributed by atoms with Crippen molar-refractivity contribution in [2.45, 2.75) is 6.92 Å². The molecular formula is C16H15N3OS. The van der Waals surface area contributed by atoms with Crippen molar-refractivity contribution in [3.8, 4) is 5.75 Å².